The van der Waals surface area contributed by atoms with Gasteiger partial charge in [0.05, 0.1) is 39.4 Å². The minimum atomic E-state index is -5.11. The van der Waals surface area contributed by atoms with Crippen LogP contribution >= 0.6 is 0 Å². The summed E-state index contributed by atoms with van der Waals surface area (Å²) in [6.07, 6.45) is 3.78. The number of nitrogens with one attached hydrogen (secondary N) is 1. The number of quaternary nitrogens is 1. The molecule has 1 spiro atoms. The van der Waals surface area contributed by atoms with Crippen molar-refractivity contribution in [2.24, 2.45) is 17.3 Å². The number of allylic oxidation sites excluding steroid dienone is 2. The third kappa shape index (κ3) is 4.56. The summed E-state index contributed by atoms with van der Waals surface area (Å²) in [7, 11) is 3.83. The van der Waals surface area contributed by atoms with E-state index >= 15 is 0 Å². The molecule has 5 aliphatic rings. The normalized spacial score (nSPS) is 35.4. The summed E-state index contributed by atoms with van der Waals surface area (Å²) >= 11 is 0. The number of halogens is 3. The molecule has 2 aromatic carbocycles. The van der Waals surface area contributed by atoms with Crippen LogP contribution in [0.1, 0.15) is 43.2 Å². The van der Waals surface area contributed by atoms with E-state index in [0.29, 0.717) is 17.7 Å². The number of alkyl halides is 3. The number of methoxy groups -OCH3 is 1. The van der Waals surface area contributed by atoms with Crippen LogP contribution in [-0.4, -0.2) is 66.8 Å². The lowest BCUT2D eigenvalue weighted by Gasteiger charge is -2.64. The summed E-state index contributed by atoms with van der Waals surface area (Å²) in [5.41, 5.74) is -1.28. The molecule has 7 rings (SSSR count). The Hall–Kier alpha value is -3.56. The van der Waals surface area contributed by atoms with E-state index in [9.17, 15) is 23.1 Å². The third-order valence-corrected chi connectivity index (χ3v) is 11.6. The molecule has 238 valence electrons. The van der Waals surface area contributed by atoms with Crippen molar-refractivity contribution in [3.05, 3.63) is 101 Å². The highest BCUT2D eigenvalue weighted by atomic mass is 19.4. The van der Waals surface area contributed by atoms with E-state index < -0.39 is 29.1 Å². The maximum Gasteiger partial charge on any atom is 0.425 e. The van der Waals surface area contributed by atoms with E-state index in [0.717, 1.165) is 61.7 Å². The summed E-state index contributed by atoms with van der Waals surface area (Å²) in [5.74, 6) is -2.33. The Morgan fingerprint density at radius 3 is 2.49 bits per heavy atom. The highest BCUT2D eigenvalue weighted by molar-refractivity contribution is 6.01. The molecule has 3 unspecified atom stereocenters. The lowest BCUT2D eigenvalue weighted by Crippen LogP contribution is -2.72. The molecule has 0 aromatic heterocycles. The van der Waals surface area contributed by atoms with Crippen molar-refractivity contribution < 1.29 is 37.0 Å². The van der Waals surface area contributed by atoms with Crippen molar-refractivity contribution in [1.82, 2.24) is 5.32 Å². The summed E-state index contributed by atoms with van der Waals surface area (Å²) in [5, 5.41) is 13.5. The highest BCUT2D eigenvalue weighted by Gasteiger charge is 2.76. The van der Waals surface area contributed by atoms with Gasteiger partial charge in [0.1, 0.15) is 11.5 Å². The number of likely N-dealkylation sites (tertiary alicyclic amines) is 1. The number of amides is 1. The standard InChI is InChI=1S/C36H39F3N2O4/c1-41(20-18-23-10-5-3-6-11-23)21-19-34-26-14-9-15-28(34)45-35(29(44-2)17-16-25(32(34)35)22-27(26)41)40-33(43)30(36(37,38)39)31(42)24-12-7-4-8-13-24/h3-8,10-13,16-17,26-28,32H,9,14-15,18-22H2,1-2H3,(H-,40,42,43)/p+1/t26-,27+,28-,32?,34+,35?,41?/m0/s1. The van der Waals surface area contributed by atoms with E-state index in [1.165, 1.54) is 36.9 Å². The summed E-state index contributed by atoms with van der Waals surface area (Å²) in [6, 6.07) is 18.2. The maximum atomic E-state index is 14.5. The first-order valence-corrected chi connectivity index (χ1v) is 15.9. The average Bonchev–Trinajstić information content (AvgIpc) is 3.32. The summed E-state index contributed by atoms with van der Waals surface area (Å²) < 4.78 is 57.2. The SMILES string of the molecule is COC1=CC=C2C[C@@H]3[C@@H]4CCC[C@@H]5OC1(NC(=O)C(=C(O)c1ccccc1)C(F)(F)F)C2[C@@]54CC[N+]3(C)CCc1ccccc1. The second-order valence-electron chi connectivity index (χ2n) is 13.6. The molecule has 3 aliphatic carbocycles. The van der Waals surface area contributed by atoms with Gasteiger partial charge < -0.3 is 24.4 Å². The Bertz CT molecular complexity index is 1570. The van der Waals surface area contributed by atoms with Gasteiger partial charge in [-0.25, -0.2) is 0 Å². The molecule has 2 saturated carbocycles. The number of hydrogen-bond donors (Lipinski definition) is 2. The molecule has 7 atom stereocenters. The van der Waals surface area contributed by atoms with Gasteiger partial charge in [-0.2, -0.15) is 13.2 Å². The van der Waals surface area contributed by atoms with E-state index in [4.69, 9.17) is 9.47 Å². The number of likely N-dealkylation sites (N-methyl/N-ethyl adjacent to an activating group) is 1. The van der Waals surface area contributed by atoms with E-state index in [1.54, 1.807) is 12.1 Å². The number of piperidine rings is 1. The van der Waals surface area contributed by atoms with Crippen LogP contribution in [-0.2, 0) is 20.7 Å². The predicted molar refractivity (Wildman–Crippen MR) is 163 cm³/mol. The van der Waals surface area contributed by atoms with Gasteiger partial charge in [0, 0.05) is 42.1 Å². The zero-order chi connectivity index (χ0) is 31.6. The molecule has 6 nitrogen and oxygen atoms in total. The Morgan fingerprint density at radius 1 is 1.09 bits per heavy atom. The predicted octanol–water partition coefficient (Wildman–Crippen LogP) is 6.47. The zero-order valence-corrected chi connectivity index (χ0v) is 25.6. The van der Waals surface area contributed by atoms with Crippen LogP contribution in [0, 0.1) is 17.3 Å². The molecular formula is C36H40F3N2O4+. The number of benzene rings is 2. The molecule has 2 bridgehead atoms. The number of nitrogens with zero attached hydrogens (tertiary/aromatic N) is 1. The molecule has 2 saturated heterocycles. The van der Waals surface area contributed by atoms with Gasteiger partial charge in [0.2, 0.25) is 5.72 Å². The van der Waals surface area contributed by atoms with Crippen LogP contribution in [0.4, 0.5) is 13.2 Å². The van der Waals surface area contributed by atoms with Crippen molar-refractivity contribution in [3.63, 3.8) is 0 Å². The van der Waals surface area contributed by atoms with E-state index in [1.807, 2.05) is 12.1 Å². The van der Waals surface area contributed by atoms with Crippen LogP contribution in [0.25, 0.3) is 5.76 Å². The van der Waals surface area contributed by atoms with E-state index in [2.05, 4.69) is 36.6 Å². The topological polar surface area (TPSA) is 67.8 Å². The monoisotopic (exact) mass is 621 g/mol. The smallest absolute Gasteiger partial charge is 0.425 e. The second kappa shape index (κ2) is 10.8. The Morgan fingerprint density at radius 2 is 1.80 bits per heavy atom. The quantitative estimate of drug-likeness (QED) is 0.211. The molecule has 4 fully saturated rings. The molecule has 9 heteroatoms. The van der Waals surface area contributed by atoms with Crippen LogP contribution in [0.2, 0.25) is 0 Å². The van der Waals surface area contributed by atoms with Gasteiger partial charge in [-0.15, -0.1) is 0 Å². The van der Waals surface area contributed by atoms with Gasteiger partial charge in [0.25, 0.3) is 5.91 Å². The Kier molecular flexibility index (Phi) is 7.20. The zero-order valence-electron chi connectivity index (χ0n) is 25.6. The highest BCUT2D eigenvalue weighted by Crippen LogP contribution is 2.70. The third-order valence-electron chi connectivity index (χ3n) is 11.6. The number of aliphatic hydroxyl groups excluding tert-OH is 1. The molecule has 2 aliphatic heterocycles. The Labute approximate surface area is 261 Å². The molecule has 2 N–H and O–H groups in total. The van der Waals surface area contributed by atoms with E-state index in [-0.39, 0.29) is 23.0 Å². The van der Waals surface area contributed by atoms with Crippen LogP contribution < -0.4 is 5.32 Å². The first kappa shape index (κ1) is 30.1. The van der Waals surface area contributed by atoms with Crippen LogP contribution in [0.5, 0.6) is 0 Å². The number of carbonyl (C=O) groups is 1. The second-order valence-corrected chi connectivity index (χ2v) is 13.6. The number of hydrogen-bond acceptors (Lipinski definition) is 4. The molecule has 2 aromatic rings. The van der Waals surface area contributed by atoms with Gasteiger partial charge in [-0.3, -0.25) is 4.79 Å². The summed E-state index contributed by atoms with van der Waals surface area (Å²) in [4.78, 5) is 13.8. The molecule has 2 heterocycles. The lowest BCUT2D eigenvalue weighted by atomic mass is 9.46. The first-order valence-electron chi connectivity index (χ1n) is 15.9. The first-order chi connectivity index (χ1) is 21.5. The minimum Gasteiger partial charge on any atom is -0.506 e. The molecule has 45 heavy (non-hydrogen) atoms. The Balaban J connectivity index is 1.28. The number of rotatable bonds is 7. The van der Waals surface area contributed by atoms with Crippen molar-refractivity contribution in [2.45, 2.75) is 62.6 Å². The minimum absolute atomic E-state index is 0.0933. The van der Waals surface area contributed by atoms with Crippen LogP contribution in [0.3, 0.4) is 0 Å². The lowest BCUT2D eigenvalue weighted by molar-refractivity contribution is -0.946. The fourth-order valence-corrected chi connectivity index (χ4v) is 9.66. The van der Waals surface area contributed by atoms with Crippen molar-refractivity contribution >= 4 is 11.7 Å². The van der Waals surface area contributed by atoms with Gasteiger partial charge >= 0.3 is 6.18 Å². The van der Waals surface area contributed by atoms with Gasteiger partial charge in [0.15, 0.2) is 5.57 Å². The van der Waals surface area contributed by atoms with Crippen LogP contribution in [0.15, 0.2) is 89.7 Å². The fourth-order valence-electron chi connectivity index (χ4n) is 9.66. The maximum absolute atomic E-state index is 14.5. The van der Waals surface area contributed by atoms with Crippen molar-refractivity contribution in [3.8, 4) is 0 Å². The largest absolute Gasteiger partial charge is 0.506 e. The van der Waals surface area contributed by atoms with Crippen molar-refractivity contribution in [1.29, 1.82) is 0 Å². The number of ether oxygens (including phenoxy) is 2. The fraction of sp³-hybridized carbons (Fsp3) is 0.472. The number of aliphatic hydroxyl groups is 1. The average molecular weight is 622 g/mol. The molecule has 0 radical (unpaired) electrons. The number of carbonyl (C=O) groups excluding carboxylic acids is 1. The molecular weight excluding hydrogens is 581 g/mol. The summed E-state index contributed by atoms with van der Waals surface area (Å²) in [6.45, 7) is 1.93. The van der Waals surface area contributed by atoms with Crippen molar-refractivity contribution in [2.75, 3.05) is 27.2 Å². The van der Waals surface area contributed by atoms with Gasteiger partial charge in [-0.1, -0.05) is 78.7 Å². The molecule has 1 amide bonds. The van der Waals surface area contributed by atoms with Gasteiger partial charge in [-0.05, 0) is 24.5 Å².